The molecule has 2 aromatic rings. The molecule has 0 aromatic heterocycles. The van der Waals surface area contributed by atoms with Crippen LogP contribution in [0.2, 0.25) is 0 Å². The highest BCUT2D eigenvalue weighted by Gasteiger charge is 2.42. The van der Waals surface area contributed by atoms with Crippen molar-refractivity contribution in [3.8, 4) is 0 Å². The summed E-state index contributed by atoms with van der Waals surface area (Å²) in [5, 5.41) is 8.35. The Morgan fingerprint density at radius 1 is 1.06 bits per heavy atom. The minimum absolute atomic E-state index is 0.0934. The van der Waals surface area contributed by atoms with Gasteiger partial charge >= 0.3 is 0 Å². The number of nitrogens with one attached hydrogen (secondary N) is 3. The molecule has 33 heavy (non-hydrogen) atoms. The second kappa shape index (κ2) is 10.1. The summed E-state index contributed by atoms with van der Waals surface area (Å²) in [6, 6.07) is 9.65. The molecule has 3 unspecified atom stereocenters. The maximum Gasteiger partial charge on any atom is 0.251 e. The van der Waals surface area contributed by atoms with Crippen LogP contribution in [0.5, 0.6) is 0 Å². The fourth-order valence-electron chi connectivity index (χ4n) is 3.96. The van der Waals surface area contributed by atoms with Crippen LogP contribution in [0.3, 0.4) is 0 Å². The highest BCUT2D eigenvalue weighted by molar-refractivity contribution is 6.00. The number of hydrogen-bond donors (Lipinski definition) is 3. The van der Waals surface area contributed by atoms with Crippen molar-refractivity contribution in [3.63, 3.8) is 0 Å². The Kier molecular flexibility index (Phi) is 7.48. The Labute approximate surface area is 193 Å². The lowest BCUT2D eigenvalue weighted by molar-refractivity contribution is -0.143. The molecular formula is C25H31FN4O3. The number of fused-ring (bicyclic) bond motifs is 1. The van der Waals surface area contributed by atoms with Crippen molar-refractivity contribution in [2.75, 3.05) is 12.4 Å². The van der Waals surface area contributed by atoms with Gasteiger partial charge in [0.15, 0.2) is 0 Å². The van der Waals surface area contributed by atoms with Crippen molar-refractivity contribution in [3.05, 3.63) is 65.0 Å². The summed E-state index contributed by atoms with van der Waals surface area (Å²) in [6.45, 7) is 7.32. The van der Waals surface area contributed by atoms with Gasteiger partial charge in [-0.05, 0) is 49.6 Å². The molecule has 0 saturated carbocycles. The number of amides is 3. The first-order valence-electron chi connectivity index (χ1n) is 11.1. The molecule has 1 aliphatic rings. The van der Waals surface area contributed by atoms with Crippen LogP contribution in [0.1, 0.15) is 43.5 Å². The molecular weight excluding hydrogens is 423 g/mol. The van der Waals surface area contributed by atoms with Gasteiger partial charge in [0.2, 0.25) is 11.8 Å². The van der Waals surface area contributed by atoms with Gasteiger partial charge in [0, 0.05) is 6.54 Å². The highest BCUT2D eigenvalue weighted by atomic mass is 19.1. The number of carbonyl (C=O) groups is 3. The van der Waals surface area contributed by atoms with Crippen molar-refractivity contribution in [2.24, 2.45) is 5.92 Å². The lowest BCUT2D eigenvalue weighted by atomic mass is 10.0. The van der Waals surface area contributed by atoms with E-state index in [9.17, 15) is 18.8 Å². The van der Waals surface area contributed by atoms with Crippen molar-refractivity contribution in [1.82, 2.24) is 15.5 Å². The minimum Gasteiger partial charge on any atom is -0.343 e. The first kappa shape index (κ1) is 24.4. The van der Waals surface area contributed by atoms with Gasteiger partial charge in [-0.25, -0.2) is 4.39 Å². The molecule has 3 rings (SSSR count). The molecule has 3 N–H and O–H groups in total. The van der Waals surface area contributed by atoms with E-state index < -0.39 is 29.8 Å². The largest absolute Gasteiger partial charge is 0.343 e. The topological polar surface area (TPSA) is 90.5 Å². The van der Waals surface area contributed by atoms with E-state index in [-0.39, 0.29) is 30.0 Å². The van der Waals surface area contributed by atoms with E-state index in [2.05, 4.69) is 16.0 Å². The van der Waals surface area contributed by atoms with Gasteiger partial charge in [0.25, 0.3) is 5.91 Å². The minimum atomic E-state index is -0.937. The maximum atomic E-state index is 14.4. The van der Waals surface area contributed by atoms with E-state index in [0.717, 1.165) is 5.56 Å². The molecule has 0 saturated heterocycles. The number of aryl methyl sites for hydroxylation is 1. The maximum absolute atomic E-state index is 14.4. The number of anilines is 1. The van der Waals surface area contributed by atoms with E-state index in [4.69, 9.17) is 0 Å². The van der Waals surface area contributed by atoms with E-state index in [1.165, 1.54) is 11.0 Å². The SMILES string of the molecule is CNC(C)C(=O)NC(C(=O)N1Cc2ccccc2C1C(=O)Nc1c(C)cccc1F)C(C)C. The fraction of sp³-hybridized carbons (Fsp3) is 0.400. The fourth-order valence-corrected chi connectivity index (χ4v) is 3.96. The van der Waals surface area contributed by atoms with Crippen LogP contribution in [0, 0.1) is 18.7 Å². The van der Waals surface area contributed by atoms with Crippen LogP contribution in [0.4, 0.5) is 10.1 Å². The Morgan fingerprint density at radius 2 is 1.76 bits per heavy atom. The van der Waals surface area contributed by atoms with Crippen molar-refractivity contribution in [2.45, 2.75) is 52.4 Å². The number of halogens is 1. The highest BCUT2D eigenvalue weighted by Crippen LogP contribution is 2.36. The summed E-state index contributed by atoms with van der Waals surface area (Å²) in [5.74, 6) is -1.90. The van der Waals surface area contributed by atoms with Crippen LogP contribution < -0.4 is 16.0 Å². The molecule has 8 heteroatoms. The summed E-state index contributed by atoms with van der Waals surface area (Å²) in [7, 11) is 1.67. The summed E-state index contributed by atoms with van der Waals surface area (Å²) in [4.78, 5) is 41.0. The Balaban J connectivity index is 1.93. The lowest BCUT2D eigenvalue weighted by Gasteiger charge is -2.31. The number of hydrogen-bond acceptors (Lipinski definition) is 4. The molecule has 3 atom stereocenters. The summed E-state index contributed by atoms with van der Waals surface area (Å²) < 4.78 is 14.4. The second-order valence-corrected chi connectivity index (χ2v) is 8.73. The zero-order chi connectivity index (χ0) is 24.3. The molecule has 0 spiro atoms. The molecule has 176 valence electrons. The molecule has 1 aliphatic heterocycles. The Hall–Kier alpha value is -3.26. The van der Waals surface area contributed by atoms with Crippen molar-refractivity contribution < 1.29 is 18.8 Å². The van der Waals surface area contributed by atoms with E-state index in [1.807, 2.05) is 26.0 Å². The average Bonchev–Trinajstić information content (AvgIpc) is 3.18. The molecule has 7 nitrogen and oxygen atoms in total. The average molecular weight is 455 g/mol. The number of para-hydroxylation sites is 1. The van der Waals surface area contributed by atoms with Crippen LogP contribution in [0.25, 0.3) is 0 Å². The molecule has 0 bridgehead atoms. The first-order chi connectivity index (χ1) is 15.6. The third-order valence-electron chi connectivity index (χ3n) is 6.06. The lowest BCUT2D eigenvalue weighted by Crippen LogP contribution is -2.55. The number of carbonyl (C=O) groups excluding carboxylic acids is 3. The standard InChI is InChI=1S/C25H31FN4O3/c1-14(2)20(28-23(31)16(4)27-5)25(33)30-13-17-10-6-7-11-18(17)22(30)24(32)29-21-15(3)9-8-12-19(21)26/h6-12,14,16,20,22,27H,13H2,1-5H3,(H,28,31)(H,29,32). The summed E-state index contributed by atoms with van der Waals surface area (Å²) >= 11 is 0. The van der Waals surface area contributed by atoms with Crippen LogP contribution in [-0.2, 0) is 20.9 Å². The van der Waals surface area contributed by atoms with Gasteiger partial charge in [-0.3, -0.25) is 14.4 Å². The number of rotatable bonds is 7. The smallest absolute Gasteiger partial charge is 0.251 e. The Morgan fingerprint density at radius 3 is 2.39 bits per heavy atom. The first-order valence-corrected chi connectivity index (χ1v) is 11.1. The summed E-state index contributed by atoms with van der Waals surface area (Å²) in [6.07, 6.45) is 0. The molecule has 3 amide bonds. The molecule has 0 fully saturated rings. The third-order valence-corrected chi connectivity index (χ3v) is 6.06. The number of benzene rings is 2. The predicted molar refractivity (Wildman–Crippen MR) is 125 cm³/mol. The normalized spacial score (nSPS) is 16.8. The van der Waals surface area contributed by atoms with Crippen LogP contribution in [-0.4, -0.2) is 41.8 Å². The monoisotopic (exact) mass is 454 g/mol. The van der Waals surface area contributed by atoms with Gasteiger partial charge in [-0.1, -0.05) is 50.2 Å². The van der Waals surface area contributed by atoms with Gasteiger partial charge in [-0.2, -0.15) is 0 Å². The van der Waals surface area contributed by atoms with Gasteiger partial charge in [0.1, 0.15) is 17.9 Å². The van der Waals surface area contributed by atoms with Gasteiger partial charge < -0.3 is 20.9 Å². The molecule has 0 radical (unpaired) electrons. The second-order valence-electron chi connectivity index (χ2n) is 8.73. The van der Waals surface area contributed by atoms with E-state index in [1.54, 1.807) is 45.2 Å². The quantitative estimate of drug-likeness (QED) is 0.600. The zero-order valence-corrected chi connectivity index (χ0v) is 19.6. The molecule has 0 aliphatic carbocycles. The molecule has 1 heterocycles. The Bertz CT molecular complexity index is 1040. The van der Waals surface area contributed by atoms with Gasteiger partial charge in [0.05, 0.1) is 11.7 Å². The van der Waals surface area contributed by atoms with Crippen molar-refractivity contribution in [1.29, 1.82) is 0 Å². The van der Waals surface area contributed by atoms with Crippen molar-refractivity contribution >= 4 is 23.4 Å². The molecule has 2 aromatic carbocycles. The third kappa shape index (κ3) is 5.06. The number of likely N-dealkylation sites (N-methyl/N-ethyl adjacent to an activating group) is 1. The van der Waals surface area contributed by atoms with E-state index >= 15 is 0 Å². The van der Waals surface area contributed by atoms with Crippen LogP contribution >= 0.6 is 0 Å². The van der Waals surface area contributed by atoms with Crippen LogP contribution in [0.15, 0.2) is 42.5 Å². The van der Waals surface area contributed by atoms with E-state index in [0.29, 0.717) is 11.1 Å². The predicted octanol–water partition coefficient (Wildman–Crippen LogP) is 2.90. The zero-order valence-electron chi connectivity index (χ0n) is 19.6. The number of nitrogens with zero attached hydrogens (tertiary/aromatic N) is 1. The summed E-state index contributed by atoms with van der Waals surface area (Å²) in [5.41, 5.74) is 2.21. The van der Waals surface area contributed by atoms with Gasteiger partial charge in [-0.15, -0.1) is 0 Å².